The van der Waals surface area contributed by atoms with Gasteiger partial charge in [-0.25, -0.2) is 9.97 Å². The number of nitrogens with one attached hydrogen (secondary N) is 1. The zero-order valence-electron chi connectivity index (χ0n) is 14.0. The molecule has 0 atom stereocenters. The highest BCUT2D eigenvalue weighted by atomic mass is 15.0. The maximum Gasteiger partial charge on any atom is 0.162 e. The molecule has 0 aliphatic heterocycles. The van der Waals surface area contributed by atoms with Crippen molar-refractivity contribution in [2.45, 2.75) is 48.0 Å². The van der Waals surface area contributed by atoms with E-state index in [0.29, 0.717) is 0 Å². The molecule has 1 N–H and O–H groups in total. The SMILES string of the molecule is CCNc1nc(-c2cc(C)c(C)cc2C)nc(CC)c1C. The van der Waals surface area contributed by atoms with Crippen molar-refractivity contribution in [2.24, 2.45) is 0 Å². The van der Waals surface area contributed by atoms with Crippen molar-refractivity contribution in [3.05, 3.63) is 40.1 Å². The molecule has 1 aromatic carbocycles. The molecule has 0 aliphatic rings. The lowest BCUT2D eigenvalue weighted by molar-refractivity contribution is 0.968. The second kappa shape index (κ2) is 6.25. The highest BCUT2D eigenvalue weighted by Gasteiger charge is 2.13. The van der Waals surface area contributed by atoms with Gasteiger partial charge in [-0.3, -0.25) is 0 Å². The van der Waals surface area contributed by atoms with Gasteiger partial charge in [-0.2, -0.15) is 0 Å². The summed E-state index contributed by atoms with van der Waals surface area (Å²) in [5, 5.41) is 3.36. The van der Waals surface area contributed by atoms with E-state index < -0.39 is 0 Å². The molecule has 2 rings (SSSR count). The summed E-state index contributed by atoms with van der Waals surface area (Å²) in [5.74, 6) is 1.78. The van der Waals surface area contributed by atoms with Crippen LogP contribution in [0.5, 0.6) is 0 Å². The van der Waals surface area contributed by atoms with Gasteiger partial charge in [0.15, 0.2) is 5.82 Å². The molecule has 0 fully saturated rings. The van der Waals surface area contributed by atoms with E-state index >= 15 is 0 Å². The quantitative estimate of drug-likeness (QED) is 0.905. The van der Waals surface area contributed by atoms with Gasteiger partial charge >= 0.3 is 0 Å². The van der Waals surface area contributed by atoms with E-state index in [-0.39, 0.29) is 0 Å². The molecule has 21 heavy (non-hydrogen) atoms. The van der Waals surface area contributed by atoms with Crippen LogP contribution in [0.15, 0.2) is 12.1 Å². The van der Waals surface area contributed by atoms with Crippen LogP contribution in [-0.4, -0.2) is 16.5 Å². The van der Waals surface area contributed by atoms with Crippen LogP contribution < -0.4 is 5.32 Å². The van der Waals surface area contributed by atoms with Crippen LogP contribution in [0.1, 0.15) is 41.8 Å². The van der Waals surface area contributed by atoms with Gasteiger partial charge in [0.1, 0.15) is 5.82 Å². The Morgan fingerprint density at radius 2 is 1.57 bits per heavy atom. The van der Waals surface area contributed by atoms with Gasteiger partial charge in [0.25, 0.3) is 0 Å². The van der Waals surface area contributed by atoms with E-state index in [1.807, 2.05) is 0 Å². The summed E-state index contributed by atoms with van der Waals surface area (Å²) in [6.45, 7) is 13.6. The molecule has 0 saturated heterocycles. The molecule has 0 bridgehead atoms. The number of anilines is 1. The normalized spacial score (nSPS) is 10.8. The van der Waals surface area contributed by atoms with E-state index in [2.05, 4.69) is 59.0 Å². The van der Waals surface area contributed by atoms with Crippen molar-refractivity contribution >= 4 is 5.82 Å². The van der Waals surface area contributed by atoms with E-state index in [0.717, 1.165) is 41.4 Å². The summed E-state index contributed by atoms with van der Waals surface area (Å²) in [6, 6.07) is 4.41. The highest BCUT2D eigenvalue weighted by Crippen LogP contribution is 2.27. The highest BCUT2D eigenvalue weighted by molar-refractivity contribution is 5.65. The largest absolute Gasteiger partial charge is 0.370 e. The summed E-state index contributed by atoms with van der Waals surface area (Å²) in [7, 11) is 0. The number of hydrogen-bond acceptors (Lipinski definition) is 3. The Labute approximate surface area is 127 Å². The zero-order valence-corrected chi connectivity index (χ0v) is 14.0. The molecule has 0 radical (unpaired) electrons. The fourth-order valence-electron chi connectivity index (χ4n) is 2.57. The monoisotopic (exact) mass is 283 g/mol. The summed E-state index contributed by atoms with van der Waals surface area (Å²) < 4.78 is 0. The molecule has 0 aliphatic carbocycles. The maximum absolute atomic E-state index is 4.78. The zero-order chi connectivity index (χ0) is 15.6. The van der Waals surface area contributed by atoms with Gasteiger partial charge < -0.3 is 5.32 Å². The van der Waals surface area contributed by atoms with Gasteiger partial charge in [-0.05, 0) is 63.8 Å². The van der Waals surface area contributed by atoms with E-state index in [1.165, 1.54) is 16.7 Å². The molecule has 1 aromatic heterocycles. The van der Waals surface area contributed by atoms with Gasteiger partial charge in [0.05, 0.1) is 0 Å². The molecule has 0 spiro atoms. The van der Waals surface area contributed by atoms with Gasteiger partial charge in [0, 0.05) is 23.4 Å². The molecule has 2 aromatic rings. The van der Waals surface area contributed by atoms with Crippen LogP contribution in [-0.2, 0) is 6.42 Å². The Morgan fingerprint density at radius 1 is 0.905 bits per heavy atom. The minimum Gasteiger partial charge on any atom is -0.370 e. The van der Waals surface area contributed by atoms with E-state index in [1.54, 1.807) is 0 Å². The smallest absolute Gasteiger partial charge is 0.162 e. The summed E-state index contributed by atoms with van der Waals surface area (Å²) in [5.41, 5.74) is 7.23. The van der Waals surface area contributed by atoms with E-state index in [9.17, 15) is 0 Å². The first-order chi connectivity index (χ1) is 9.97. The number of rotatable bonds is 4. The van der Waals surface area contributed by atoms with Crippen molar-refractivity contribution < 1.29 is 0 Å². The van der Waals surface area contributed by atoms with Crippen LogP contribution in [0, 0.1) is 27.7 Å². The Balaban J connectivity index is 2.63. The summed E-state index contributed by atoms with van der Waals surface area (Å²) >= 11 is 0. The maximum atomic E-state index is 4.78. The van der Waals surface area contributed by atoms with Crippen LogP contribution in [0.25, 0.3) is 11.4 Å². The molecule has 3 nitrogen and oxygen atoms in total. The minimum atomic E-state index is 0.828. The van der Waals surface area contributed by atoms with E-state index in [4.69, 9.17) is 9.97 Å². The lowest BCUT2D eigenvalue weighted by Gasteiger charge is -2.14. The van der Waals surface area contributed by atoms with Crippen molar-refractivity contribution in [1.82, 2.24) is 9.97 Å². The molecule has 112 valence electrons. The van der Waals surface area contributed by atoms with Crippen LogP contribution in [0.3, 0.4) is 0 Å². The Hall–Kier alpha value is -1.90. The first kappa shape index (κ1) is 15.5. The number of nitrogens with zero attached hydrogens (tertiary/aromatic N) is 2. The molecular weight excluding hydrogens is 258 g/mol. The lowest BCUT2D eigenvalue weighted by atomic mass is 10.00. The summed E-state index contributed by atoms with van der Waals surface area (Å²) in [6.07, 6.45) is 0.920. The topological polar surface area (TPSA) is 37.8 Å². The van der Waals surface area contributed by atoms with Gasteiger partial charge in [-0.1, -0.05) is 13.0 Å². The average molecular weight is 283 g/mol. The molecule has 0 unspecified atom stereocenters. The molecule has 0 amide bonds. The number of benzene rings is 1. The second-order valence-corrected chi connectivity index (χ2v) is 5.60. The first-order valence-electron chi connectivity index (χ1n) is 7.67. The fraction of sp³-hybridized carbons (Fsp3) is 0.444. The number of hydrogen-bond donors (Lipinski definition) is 1. The van der Waals surface area contributed by atoms with Gasteiger partial charge in [0.2, 0.25) is 0 Å². The minimum absolute atomic E-state index is 0.828. The second-order valence-electron chi connectivity index (χ2n) is 5.60. The third kappa shape index (κ3) is 3.07. The van der Waals surface area contributed by atoms with Gasteiger partial charge in [-0.15, -0.1) is 0 Å². The van der Waals surface area contributed by atoms with Crippen molar-refractivity contribution in [3.63, 3.8) is 0 Å². The first-order valence-corrected chi connectivity index (χ1v) is 7.67. The molecule has 3 heteroatoms. The van der Waals surface area contributed by atoms with Crippen molar-refractivity contribution in [3.8, 4) is 11.4 Å². The lowest BCUT2D eigenvalue weighted by Crippen LogP contribution is -2.08. The fourth-order valence-corrected chi connectivity index (χ4v) is 2.57. The standard InChI is InChI=1S/C18H25N3/c1-7-16-14(6)17(19-8-2)21-18(20-16)15-10-12(4)11(3)9-13(15)5/h9-10H,7-8H2,1-6H3,(H,19,20,21). The average Bonchev–Trinajstić information content (AvgIpc) is 2.45. The van der Waals surface area contributed by atoms with Crippen LogP contribution >= 0.6 is 0 Å². The Bertz CT molecular complexity index is 660. The predicted molar refractivity (Wildman–Crippen MR) is 90.0 cm³/mol. The third-order valence-electron chi connectivity index (χ3n) is 4.01. The van der Waals surface area contributed by atoms with Crippen molar-refractivity contribution in [2.75, 3.05) is 11.9 Å². The number of aromatic nitrogens is 2. The van der Waals surface area contributed by atoms with Crippen LogP contribution in [0.4, 0.5) is 5.82 Å². The van der Waals surface area contributed by atoms with Crippen LogP contribution in [0.2, 0.25) is 0 Å². The third-order valence-corrected chi connectivity index (χ3v) is 4.01. The molecular formula is C18H25N3. The summed E-state index contributed by atoms with van der Waals surface area (Å²) in [4.78, 5) is 9.53. The Morgan fingerprint density at radius 3 is 2.19 bits per heavy atom. The van der Waals surface area contributed by atoms with Crippen molar-refractivity contribution in [1.29, 1.82) is 0 Å². The predicted octanol–water partition coefficient (Wildman–Crippen LogP) is 4.37. The number of aryl methyl sites for hydroxylation is 4. The molecule has 1 heterocycles. The molecule has 0 saturated carbocycles. The Kier molecular flexibility index (Phi) is 4.61.